The number of rotatable bonds is 7. The maximum Gasteiger partial charge on any atom is 0.298 e. The van der Waals surface area contributed by atoms with Gasteiger partial charge in [-0.1, -0.05) is 30.3 Å². The Morgan fingerprint density at radius 1 is 0.854 bits per heavy atom. The molecule has 1 aliphatic heterocycles. The molecule has 3 aromatic heterocycles. The van der Waals surface area contributed by atoms with Crippen LogP contribution in [0.3, 0.4) is 0 Å². The highest BCUT2D eigenvalue weighted by molar-refractivity contribution is 6.47. The number of piperazine rings is 1. The van der Waals surface area contributed by atoms with Gasteiger partial charge < -0.3 is 24.3 Å². The molecule has 1 saturated heterocycles. The second-order valence-electron chi connectivity index (χ2n) is 10.1. The zero-order valence-electron chi connectivity index (χ0n) is 23.1. The number of carbonyl (C=O) groups excluding carboxylic acids is 2. The van der Waals surface area contributed by atoms with Gasteiger partial charge in [-0.15, -0.1) is 0 Å². The number of Topliss-reactive ketones (excluding diaryl/α,β-unsaturated/α-hetero) is 1. The minimum atomic E-state index is -0.697. The molecule has 0 spiro atoms. The number of aromatic nitrogens is 2. The van der Waals surface area contributed by atoms with E-state index in [0.29, 0.717) is 22.7 Å². The number of amides is 1. The van der Waals surface area contributed by atoms with Crippen LogP contribution < -0.4 is 19.9 Å². The monoisotopic (exact) mass is 545 g/mol. The fraction of sp³-hybridized carbons (Fsp3) is 0.182. The fourth-order valence-corrected chi connectivity index (χ4v) is 5.28. The topological polar surface area (TPSA) is 79.2 Å². The molecule has 0 saturated carbocycles. The lowest BCUT2D eigenvalue weighted by atomic mass is 10.0. The highest BCUT2D eigenvalue weighted by Gasteiger charge is 2.25. The quantitative estimate of drug-likeness (QED) is 0.216. The third-order valence-corrected chi connectivity index (χ3v) is 7.48. The molecule has 8 heteroatoms. The number of hydrogen-bond acceptors (Lipinski definition) is 6. The average molecular weight is 546 g/mol. The first kappa shape index (κ1) is 26.1. The zero-order valence-corrected chi connectivity index (χ0v) is 23.1. The maximum absolute atomic E-state index is 13.6. The Kier molecular flexibility index (Phi) is 7.12. The summed E-state index contributed by atoms with van der Waals surface area (Å²) in [6, 6.07) is 27.0. The van der Waals surface area contributed by atoms with Gasteiger partial charge in [-0.2, -0.15) is 0 Å². The summed E-state index contributed by atoms with van der Waals surface area (Å²) in [5, 5.41) is 2.80. The van der Waals surface area contributed by atoms with Crippen molar-refractivity contribution in [1.29, 1.82) is 0 Å². The van der Waals surface area contributed by atoms with E-state index < -0.39 is 11.7 Å². The van der Waals surface area contributed by atoms with Crippen LogP contribution in [0.5, 0.6) is 5.75 Å². The number of aryl methyl sites for hydroxylation is 1. The summed E-state index contributed by atoms with van der Waals surface area (Å²) in [5.41, 5.74) is 5.47. The number of pyridine rings is 2. The Bertz CT molecular complexity index is 1700. The molecule has 5 aromatic rings. The lowest BCUT2D eigenvalue weighted by molar-refractivity contribution is -0.112. The van der Waals surface area contributed by atoms with E-state index in [1.165, 1.54) is 5.56 Å². The van der Waals surface area contributed by atoms with Gasteiger partial charge in [0, 0.05) is 54.8 Å². The molecular formula is C33H31N5O3. The molecule has 41 heavy (non-hydrogen) atoms. The van der Waals surface area contributed by atoms with Crippen molar-refractivity contribution < 1.29 is 14.3 Å². The zero-order chi connectivity index (χ0) is 28.3. The third-order valence-electron chi connectivity index (χ3n) is 7.48. The van der Waals surface area contributed by atoms with Crippen molar-refractivity contribution in [2.75, 3.05) is 48.4 Å². The summed E-state index contributed by atoms with van der Waals surface area (Å²) in [7, 11) is 1.57. The Hall–Kier alpha value is -5.11. The van der Waals surface area contributed by atoms with Gasteiger partial charge in [0.05, 0.1) is 13.3 Å². The molecule has 0 radical (unpaired) electrons. The van der Waals surface area contributed by atoms with Crippen molar-refractivity contribution in [2.45, 2.75) is 6.92 Å². The smallest absolute Gasteiger partial charge is 0.298 e. The molecule has 206 valence electrons. The highest BCUT2D eigenvalue weighted by Crippen LogP contribution is 2.30. The van der Waals surface area contributed by atoms with E-state index in [0.717, 1.165) is 48.8 Å². The first-order valence-electron chi connectivity index (χ1n) is 13.6. The first-order valence-corrected chi connectivity index (χ1v) is 13.6. The summed E-state index contributed by atoms with van der Waals surface area (Å²) < 4.78 is 7.10. The molecule has 1 fully saturated rings. The van der Waals surface area contributed by atoms with E-state index in [9.17, 15) is 9.59 Å². The molecule has 8 nitrogen and oxygen atoms in total. The number of benzene rings is 2. The van der Waals surface area contributed by atoms with Crippen LogP contribution in [0.2, 0.25) is 0 Å². The number of anilines is 3. The molecule has 2 aromatic carbocycles. The molecule has 1 amide bonds. The van der Waals surface area contributed by atoms with E-state index in [1.54, 1.807) is 17.7 Å². The second-order valence-corrected chi connectivity index (χ2v) is 10.1. The SMILES string of the molecule is COc1ccc2cc(-c3ccccc3)c(C(=O)C(=O)Nc3ccc(N4CCN(c5cc(C)ccn5)CC4)cc3)n2c1. The summed E-state index contributed by atoms with van der Waals surface area (Å²) in [4.78, 5) is 36.0. The third kappa shape index (κ3) is 5.36. The second kappa shape index (κ2) is 11.2. The summed E-state index contributed by atoms with van der Waals surface area (Å²) >= 11 is 0. The van der Waals surface area contributed by atoms with Crippen LogP contribution in [0.15, 0.2) is 97.3 Å². The van der Waals surface area contributed by atoms with Crippen molar-refractivity contribution in [3.63, 3.8) is 0 Å². The van der Waals surface area contributed by atoms with Crippen molar-refractivity contribution in [3.05, 3.63) is 109 Å². The van der Waals surface area contributed by atoms with Gasteiger partial charge in [0.15, 0.2) is 0 Å². The summed E-state index contributed by atoms with van der Waals surface area (Å²) in [5.74, 6) is 0.282. The number of fused-ring (bicyclic) bond motifs is 1. The Morgan fingerprint density at radius 2 is 1.59 bits per heavy atom. The minimum Gasteiger partial charge on any atom is -0.495 e. The number of hydrogen-bond donors (Lipinski definition) is 1. The molecule has 1 aliphatic rings. The minimum absolute atomic E-state index is 0.292. The number of methoxy groups -OCH3 is 1. The van der Waals surface area contributed by atoms with E-state index in [1.807, 2.05) is 85.1 Å². The van der Waals surface area contributed by atoms with Crippen LogP contribution in [0, 0.1) is 6.92 Å². The number of ether oxygens (including phenoxy) is 1. The van der Waals surface area contributed by atoms with Crippen LogP contribution >= 0.6 is 0 Å². The first-order chi connectivity index (χ1) is 20.0. The molecule has 0 unspecified atom stereocenters. The highest BCUT2D eigenvalue weighted by atomic mass is 16.5. The lowest BCUT2D eigenvalue weighted by Gasteiger charge is -2.36. The Morgan fingerprint density at radius 3 is 2.29 bits per heavy atom. The van der Waals surface area contributed by atoms with Crippen LogP contribution in [-0.4, -0.2) is 54.4 Å². The maximum atomic E-state index is 13.6. The van der Waals surface area contributed by atoms with E-state index in [4.69, 9.17) is 4.74 Å². The van der Waals surface area contributed by atoms with Crippen molar-refractivity contribution in [3.8, 4) is 16.9 Å². The molecule has 1 N–H and O–H groups in total. The lowest BCUT2D eigenvalue weighted by Crippen LogP contribution is -2.46. The van der Waals surface area contributed by atoms with Gasteiger partial charge >= 0.3 is 0 Å². The Labute approximate surface area is 238 Å². The predicted octanol–water partition coefficient (Wildman–Crippen LogP) is 5.47. The molecule has 4 heterocycles. The molecule has 0 bridgehead atoms. The summed E-state index contributed by atoms with van der Waals surface area (Å²) in [6.07, 6.45) is 3.58. The van der Waals surface area contributed by atoms with E-state index >= 15 is 0 Å². The van der Waals surface area contributed by atoms with E-state index in [2.05, 4.69) is 33.1 Å². The van der Waals surface area contributed by atoms with Crippen LogP contribution in [-0.2, 0) is 4.79 Å². The van der Waals surface area contributed by atoms with Crippen LogP contribution in [0.25, 0.3) is 16.6 Å². The number of carbonyl (C=O) groups is 2. The van der Waals surface area contributed by atoms with Gasteiger partial charge in [0.25, 0.3) is 11.7 Å². The fourth-order valence-electron chi connectivity index (χ4n) is 5.28. The molecule has 0 atom stereocenters. The van der Waals surface area contributed by atoms with Gasteiger partial charge in [-0.3, -0.25) is 9.59 Å². The van der Waals surface area contributed by atoms with Crippen molar-refractivity contribution >= 4 is 34.4 Å². The number of ketones is 1. The van der Waals surface area contributed by atoms with Crippen molar-refractivity contribution in [2.24, 2.45) is 0 Å². The van der Waals surface area contributed by atoms with Gasteiger partial charge in [0.2, 0.25) is 0 Å². The van der Waals surface area contributed by atoms with Crippen molar-refractivity contribution in [1.82, 2.24) is 9.38 Å². The van der Waals surface area contributed by atoms with E-state index in [-0.39, 0.29) is 0 Å². The molecular weight excluding hydrogens is 514 g/mol. The van der Waals surface area contributed by atoms with Gasteiger partial charge in [0.1, 0.15) is 17.3 Å². The van der Waals surface area contributed by atoms with Crippen LogP contribution in [0.4, 0.5) is 17.2 Å². The molecule has 0 aliphatic carbocycles. The molecule has 6 rings (SSSR count). The predicted molar refractivity (Wildman–Crippen MR) is 162 cm³/mol. The van der Waals surface area contributed by atoms with Crippen LogP contribution in [0.1, 0.15) is 16.1 Å². The summed E-state index contributed by atoms with van der Waals surface area (Å²) in [6.45, 7) is 5.57. The normalized spacial score (nSPS) is 13.3. The van der Waals surface area contributed by atoms with Gasteiger partial charge in [-0.25, -0.2) is 4.98 Å². The Balaban J connectivity index is 1.17. The average Bonchev–Trinajstić information content (AvgIpc) is 3.40. The van der Waals surface area contributed by atoms with Gasteiger partial charge in [-0.05, 0) is 72.6 Å². The number of nitrogens with zero attached hydrogens (tertiary/aromatic N) is 4. The largest absolute Gasteiger partial charge is 0.495 e. The standard InChI is InChI=1S/C33H31N5O3/c1-23-14-15-34-30(20-23)37-18-16-36(17-19-37)26-10-8-25(9-11-26)35-33(40)32(39)31-29(24-6-4-3-5-7-24)21-27-12-13-28(41-2)22-38(27)31/h3-15,20-22H,16-19H2,1-2H3,(H,35,40). The number of nitrogens with one attached hydrogen (secondary N) is 1.